The van der Waals surface area contributed by atoms with Crippen LogP contribution in [0.4, 0.5) is 4.39 Å². The summed E-state index contributed by atoms with van der Waals surface area (Å²) in [4.78, 5) is 0. The molecule has 114 valence electrons. The van der Waals surface area contributed by atoms with Gasteiger partial charge < -0.3 is 15.2 Å². The molecule has 20 heavy (non-hydrogen) atoms. The molecule has 2 N–H and O–H groups in total. The van der Waals surface area contributed by atoms with Crippen molar-refractivity contribution in [2.45, 2.75) is 52.2 Å². The van der Waals surface area contributed by atoms with Crippen molar-refractivity contribution in [3.8, 4) is 5.75 Å². The predicted molar refractivity (Wildman–Crippen MR) is 79.6 cm³/mol. The van der Waals surface area contributed by atoms with Gasteiger partial charge in [-0.1, -0.05) is 6.92 Å². The molecule has 0 amide bonds. The van der Waals surface area contributed by atoms with Crippen molar-refractivity contribution >= 4 is 0 Å². The SMILES string of the molecule is CCCNC(C)(CO)CC(C)Oc1ccc(F)cc1C. The lowest BCUT2D eigenvalue weighted by atomic mass is 9.95. The third-order valence-electron chi connectivity index (χ3n) is 3.35. The van der Waals surface area contributed by atoms with Gasteiger partial charge in [0.05, 0.1) is 12.7 Å². The Morgan fingerprint density at radius 2 is 2.15 bits per heavy atom. The number of benzene rings is 1. The van der Waals surface area contributed by atoms with E-state index in [1.807, 2.05) is 20.8 Å². The fraction of sp³-hybridized carbons (Fsp3) is 0.625. The van der Waals surface area contributed by atoms with Crippen LogP contribution in [0.25, 0.3) is 0 Å². The number of rotatable bonds is 8. The van der Waals surface area contributed by atoms with Crippen LogP contribution in [0.15, 0.2) is 18.2 Å². The molecular weight excluding hydrogens is 257 g/mol. The Labute approximate surface area is 121 Å². The van der Waals surface area contributed by atoms with Crippen LogP contribution in [0.2, 0.25) is 0 Å². The van der Waals surface area contributed by atoms with Crippen molar-refractivity contribution in [3.63, 3.8) is 0 Å². The smallest absolute Gasteiger partial charge is 0.123 e. The first kappa shape index (κ1) is 16.9. The molecule has 0 heterocycles. The highest BCUT2D eigenvalue weighted by atomic mass is 19.1. The van der Waals surface area contributed by atoms with E-state index in [1.165, 1.54) is 12.1 Å². The number of halogens is 1. The first-order valence-corrected chi connectivity index (χ1v) is 7.19. The first-order chi connectivity index (χ1) is 9.40. The van der Waals surface area contributed by atoms with E-state index in [-0.39, 0.29) is 24.1 Å². The largest absolute Gasteiger partial charge is 0.490 e. The zero-order valence-electron chi connectivity index (χ0n) is 12.9. The van der Waals surface area contributed by atoms with Gasteiger partial charge in [0, 0.05) is 12.0 Å². The van der Waals surface area contributed by atoms with Crippen LogP contribution < -0.4 is 10.1 Å². The Kier molecular flexibility index (Phi) is 6.43. The second-order valence-corrected chi connectivity index (χ2v) is 5.69. The van der Waals surface area contributed by atoms with E-state index < -0.39 is 0 Å². The summed E-state index contributed by atoms with van der Waals surface area (Å²) in [6.45, 7) is 8.78. The van der Waals surface area contributed by atoms with Gasteiger partial charge in [0.1, 0.15) is 11.6 Å². The zero-order chi connectivity index (χ0) is 15.2. The molecule has 0 aliphatic heterocycles. The van der Waals surface area contributed by atoms with E-state index in [9.17, 15) is 9.50 Å². The normalized spacial score (nSPS) is 15.7. The molecule has 2 unspecified atom stereocenters. The van der Waals surface area contributed by atoms with E-state index in [2.05, 4.69) is 12.2 Å². The maximum Gasteiger partial charge on any atom is 0.123 e. The van der Waals surface area contributed by atoms with E-state index in [1.54, 1.807) is 6.07 Å². The van der Waals surface area contributed by atoms with Gasteiger partial charge in [-0.25, -0.2) is 4.39 Å². The second-order valence-electron chi connectivity index (χ2n) is 5.69. The molecule has 1 rings (SSSR count). The molecule has 0 saturated carbocycles. The van der Waals surface area contributed by atoms with Gasteiger partial charge in [-0.3, -0.25) is 0 Å². The van der Waals surface area contributed by atoms with E-state index in [4.69, 9.17) is 4.74 Å². The van der Waals surface area contributed by atoms with Crippen LogP contribution in [-0.2, 0) is 0 Å². The minimum atomic E-state index is -0.358. The summed E-state index contributed by atoms with van der Waals surface area (Å²) in [5.41, 5.74) is 0.424. The number of hydrogen-bond acceptors (Lipinski definition) is 3. The lowest BCUT2D eigenvalue weighted by Gasteiger charge is -2.32. The maximum absolute atomic E-state index is 13.1. The molecule has 4 heteroatoms. The topological polar surface area (TPSA) is 41.5 Å². The molecular formula is C16H26FNO2. The number of hydrogen-bond donors (Lipinski definition) is 2. The van der Waals surface area contributed by atoms with E-state index in [0.29, 0.717) is 12.2 Å². The van der Waals surface area contributed by atoms with Crippen LogP contribution in [0.5, 0.6) is 5.75 Å². The van der Waals surface area contributed by atoms with Crippen LogP contribution in [0.3, 0.4) is 0 Å². The van der Waals surface area contributed by atoms with E-state index in [0.717, 1.165) is 18.5 Å². The third kappa shape index (κ3) is 5.10. The van der Waals surface area contributed by atoms with Crippen molar-refractivity contribution < 1.29 is 14.2 Å². The minimum Gasteiger partial charge on any atom is -0.490 e. The predicted octanol–water partition coefficient (Wildman–Crippen LogP) is 3.04. The van der Waals surface area contributed by atoms with Gasteiger partial charge >= 0.3 is 0 Å². The average Bonchev–Trinajstić information content (AvgIpc) is 2.40. The summed E-state index contributed by atoms with van der Waals surface area (Å²) in [6, 6.07) is 4.51. The Morgan fingerprint density at radius 3 is 2.70 bits per heavy atom. The van der Waals surface area contributed by atoms with Gasteiger partial charge in [-0.15, -0.1) is 0 Å². The fourth-order valence-corrected chi connectivity index (χ4v) is 2.26. The molecule has 0 bridgehead atoms. The molecule has 0 aliphatic rings. The Bertz CT molecular complexity index is 425. The number of aliphatic hydroxyl groups excluding tert-OH is 1. The van der Waals surface area contributed by atoms with Gasteiger partial charge in [-0.2, -0.15) is 0 Å². The average molecular weight is 283 g/mol. The summed E-state index contributed by atoms with van der Waals surface area (Å²) in [6.07, 6.45) is 1.63. The molecule has 0 fully saturated rings. The molecule has 3 nitrogen and oxygen atoms in total. The lowest BCUT2D eigenvalue weighted by molar-refractivity contribution is 0.109. The number of aliphatic hydroxyl groups is 1. The molecule has 0 radical (unpaired) electrons. The number of ether oxygens (including phenoxy) is 1. The van der Waals surface area contributed by atoms with E-state index >= 15 is 0 Å². The van der Waals surface area contributed by atoms with Gasteiger partial charge in [-0.05, 0) is 57.5 Å². The standard InChI is InChI=1S/C16H26FNO2/c1-5-8-18-16(4,11-19)10-13(3)20-15-7-6-14(17)9-12(15)2/h6-7,9,13,18-19H,5,8,10-11H2,1-4H3. The monoisotopic (exact) mass is 283 g/mol. The summed E-state index contributed by atoms with van der Waals surface area (Å²) < 4.78 is 18.9. The number of aryl methyl sites for hydroxylation is 1. The molecule has 0 spiro atoms. The first-order valence-electron chi connectivity index (χ1n) is 7.19. The Balaban J connectivity index is 2.63. The molecule has 0 saturated heterocycles. The van der Waals surface area contributed by atoms with Gasteiger partial charge in [0.25, 0.3) is 0 Å². The fourth-order valence-electron chi connectivity index (χ4n) is 2.26. The Morgan fingerprint density at radius 1 is 1.45 bits per heavy atom. The highest BCUT2D eigenvalue weighted by Gasteiger charge is 2.26. The van der Waals surface area contributed by atoms with Crippen molar-refractivity contribution in [1.82, 2.24) is 5.32 Å². The van der Waals surface area contributed by atoms with Crippen molar-refractivity contribution in [2.24, 2.45) is 0 Å². The highest BCUT2D eigenvalue weighted by Crippen LogP contribution is 2.22. The second kappa shape index (κ2) is 7.60. The van der Waals surface area contributed by atoms with Crippen molar-refractivity contribution in [1.29, 1.82) is 0 Å². The summed E-state index contributed by atoms with van der Waals surface area (Å²) in [5, 5.41) is 12.9. The highest BCUT2D eigenvalue weighted by molar-refractivity contribution is 5.32. The maximum atomic E-state index is 13.1. The lowest BCUT2D eigenvalue weighted by Crippen LogP contribution is -2.48. The Hall–Kier alpha value is -1.13. The van der Waals surface area contributed by atoms with Crippen LogP contribution >= 0.6 is 0 Å². The number of nitrogens with one attached hydrogen (secondary N) is 1. The molecule has 1 aromatic carbocycles. The molecule has 2 atom stereocenters. The van der Waals surface area contributed by atoms with Crippen molar-refractivity contribution in [2.75, 3.05) is 13.2 Å². The summed E-state index contributed by atoms with van der Waals surface area (Å²) in [5.74, 6) is 0.432. The van der Waals surface area contributed by atoms with Crippen molar-refractivity contribution in [3.05, 3.63) is 29.6 Å². The summed E-state index contributed by atoms with van der Waals surface area (Å²) >= 11 is 0. The van der Waals surface area contributed by atoms with Crippen LogP contribution in [-0.4, -0.2) is 29.9 Å². The minimum absolute atomic E-state index is 0.0586. The molecule has 1 aromatic rings. The van der Waals surface area contributed by atoms with Crippen LogP contribution in [0.1, 0.15) is 39.2 Å². The molecule has 0 aromatic heterocycles. The zero-order valence-corrected chi connectivity index (χ0v) is 12.9. The third-order valence-corrected chi connectivity index (χ3v) is 3.35. The summed E-state index contributed by atoms with van der Waals surface area (Å²) in [7, 11) is 0. The quantitative estimate of drug-likeness (QED) is 0.770. The van der Waals surface area contributed by atoms with Gasteiger partial charge in [0.2, 0.25) is 0 Å². The van der Waals surface area contributed by atoms with Crippen LogP contribution in [0, 0.1) is 12.7 Å². The van der Waals surface area contributed by atoms with Gasteiger partial charge in [0.15, 0.2) is 0 Å². The molecule has 0 aliphatic carbocycles.